The van der Waals surface area contributed by atoms with Crippen molar-refractivity contribution in [2.24, 2.45) is 0 Å². The third-order valence-corrected chi connectivity index (χ3v) is 5.85. The van der Waals surface area contributed by atoms with Crippen LogP contribution in [0.5, 0.6) is 5.75 Å². The number of nitrogens with one attached hydrogen (secondary N) is 1. The number of aromatic amines is 1. The average molecular weight is 418 g/mol. The average Bonchev–Trinajstić information content (AvgIpc) is 3.34. The fourth-order valence-corrected chi connectivity index (χ4v) is 4.23. The lowest BCUT2D eigenvalue weighted by Crippen LogP contribution is -2.30. The van der Waals surface area contributed by atoms with Crippen molar-refractivity contribution in [3.05, 3.63) is 71.4 Å². The largest absolute Gasteiger partial charge is 0.494 e. The Bertz CT molecular complexity index is 1010. The Morgan fingerprint density at radius 1 is 1.00 bits per heavy atom. The highest BCUT2D eigenvalue weighted by atomic mass is 16.5. The maximum absolute atomic E-state index is 13.3. The van der Waals surface area contributed by atoms with Crippen LogP contribution >= 0.6 is 0 Å². The van der Waals surface area contributed by atoms with Crippen molar-refractivity contribution in [1.29, 1.82) is 0 Å². The summed E-state index contributed by atoms with van der Waals surface area (Å²) >= 11 is 0. The van der Waals surface area contributed by atoms with E-state index in [0.717, 1.165) is 66.8 Å². The highest BCUT2D eigenvalue weighted by Crippen LogP contribution is 2.43. The zero-order valence-corrected chi connectivity index (χ0v) is 18.4. The van der Waals surface area contributed by atoms with Crippen molar-refractivity contribution in [3.63, 3.8) is 0 Å². The number of aromatic nitrogens is 2. The Morgan fingerprint density at radius 2 is 1.81 bits per heavy atom. The number of nitrogens with zero attached hydrogens (tertiary/aromatic N) is 2. The Hall–Kier alpha value is -3.08. The van der Waals surface area contributed by atoms with Crippen LogP contribution in [0.25, 0.3) is 11.3 Å². The van der Waals surface area contributed by atoms with Crippen LogP contribution in [-0.4, -0.2) is 34.2 Å². The standard InChI is InChI=1S/C26H31N3O2/c1-3-5-10-16-29-25(20-14-11-15-21(18-20)31-17-6-4-2)22-23(19-12-8-7-9-13-19)27-28-24(22)26(29)30/h7-9,11-15,18,25H,3-6,10,16-17H2,1-2H3,(H,27,28). The van der Waals surface area contributed by atoms with Gasteiger partial charge in [-0.05, 0) is 30.5 Å². The van der Waals surface area contributed by atoms with Gasteiger partial charge < -0.3 is 9.64 Å². The minimum absolute atomic E-state index is 0.0306. The summed E-state index contributed by atoms with van der Waals surface area (Å²) in [6.45, 7) is 5.77. The molecule has 0 saturated carbocycles. The summed E-state index contributed by atoms with van der Waals surface area (Å²) in [5, 5.41) is 7.58. The van der Waals surface area contributed by atoms with Gasteiger partial charge in [-0.15, -0.1) is 0 Å². The number of carbonyl (C=O) groups is 1. The van der Waals surface area contributed by atoms with Crippen LogP contribution in [-0.2, 0) is 0 Å². The molecule has 5 nitrogen and oxygen atoms in total. The fraction of sp³-hybridized carbons (Fsp3) is 0.385. The van der Waals surface area contributed by atoms with Crippen molar-refractivity contribution in [2.75, 3.05) is 13.2 Å². The van der Waals surface area contributed by atoms with Crippen LogP contribution in [0.2, 0.25) is 0 Å². The fourth-order valence-electron chi connectivity index (χ4n) is 4.23. The Labute approximate surface area is 184 Å². The van der Waals surface area contributed by atoms with Gasteiger partial charge >= 0.3 is 0 Å². The molecule has 0 aliphatic carbocycles. The summed E-state index contributed by atoms with van der Waals surface area (Å²) in [5.41, 5.74) is 4.51. The van der Waals surface area contributed by atoms with Crippen LogP contribution in [0.1, 0.15) is 73.6 Å². The maximum Gasteiger partial charge on any atom is 0.273 e. The molecule has 0 bridgehead atoms. The van der Waals surface area contributed by atoms with Crippen LogP contribution < -0.4 is 4.74 Å². The quantitative estimate of drug-likeness (QED) is 0.412. The number of benzene rings is 2. The highest BCUT2D eigenvalue weighted by molar-refractivity contribution is 6.00. The molecule has 3 aromatic rings. The zero-order chi connectivity index (χ0) is 21.6. The molecule has 31 heavy (non-hydrogen) atoms. The summed E-state index contributed by atoms with van der Waals surface area (Å²) in [6, 6.07) is 18.1. The number of H-pyrrole nitrogens is 1. The van der Waals surface area contributed by atoms with Crippen molar-refractivity contribution < 1.29 is 9.53 Å². The molecular weight excluding hydrogens is 386 g/mol. The van der Waals surface area contributed by atoms with E-state index < -0.39 is 0 Å². The monoisotopic (exact) mass is 417 g/mol. The Balaban J connectivity index is 1.74. The lowest BCUT2D eigenvalue weighted by molar-refractivity contribution is 0.0740. The number of hydrogen-bond donors (Lipinski definition) is 1. The van der Waals surface area contributed by atoms with Crippen molar-refractivity contribution in [3.8, 4) is 17.0 Å². The third-order valence-electron chi connectivity index (χ3n) is 5.85. The molecule has 1 aromatic heterocycles. The predicted octanol–water partition coefficient (Wildman–Crippen LogP) is 5.99. The minimum atomic E-state index is -0.164. The molecule has 2 aromatic carbocycles. The molecule has 1 atom stereocenters. The maximum atomic E-state index is 13.3. The van der Waals surface area contributed by atoms with Crippen LogP contribution in [0.15, 0.2) is 54.6 Å². The van der Waals surface area contributed by atoms with Gasteiger partial charge in [0.05, 0.1) is 18.3 Å². The van der Waals surface area contributed by atoms with Gasteiger partial charge in [0.25, 0.3) is 5.91 Å². The molecule has 0 fully saturated rings. The normalized spacial score (nSPS) is 15.4. The van der Waals surface area contributed by atoms with Gasteiger partial charge in [0.2, 0.25) is 0 Å². The van der Waals surface area contributed by atoms with Gasteiger partial charge in [-0.25, -0.2) is 0 Å². The van der Waals surface area contributed by atoms with Gasteiger partial charge in [0.15, 0.2) is 0 Å². The predicted molar refractivity (Wildman–Crippen MR) is 123 cm³/mol. The van der Waals surface area contributed by atoms with E-state index in [1.54, 1.807) is 0 Å². The minimum Gasteiger partial charge on any atom is -0.494 e. The van der Waals surface area contributed by atoms with E-state index in [9.17, 15) is 4.79 Å². The molecular formula is C26H31N3O2. The van der Waals surface area contributed by atoms with E-state index in [4.69, 9.17) is 4.74 Å². The smallest absolute Gasteiger partial charge is 0.273 e. The van der Waals surface area contributed by atoms with Gasteiger partial charge in [-0.3, -0.25) is 9.89 Å². The number of hydrogen-bond acceptors (Lipinski definition) is 3. The SMILES string of the molecule is CCCCCN1C(=O)c2[nH]nc(-c3ccccc3)c2C1c1cccc(OCCCC)c1. The van der Waals surface area contributed by atoms with Gasteiger partial charge in [-0.1, -0.05) is 75.6 Å². The van der Waals surface area contributed by atoms with Gasteiger partial charge in [-0.2, -0.15) is 5.10 Å². The topological polar surface area (TPSA) is 58.2 Å². The highest BCUT2D eigenvalue weighted by Gasteiger charge is 2.41. The van der Waals surface area contributed by atoms with Gasteiger partial charge in [0.1, 0.15) is 11.4 Å². The number of unbranched alkanes of at least 4 members (excludes halogenated alkanes) is 3. The van der Waals surface area contributed by atoms with E-state index in [1.165, 1.54) is 0 Å². The second kappa shape index (κ2) is 9.82. The molecule has 1 aliphatic rings. The molecule has 4 rings (SSSR count). The first-order valence-electron chi connectivity index (χ1n) is 11.4. The molecule has 0 saturated heterocycles. The summed E-state index contributed by atoms with van der Waals surface area (Å²) in [4.78, 5) is 15.3. The Kier molecular flexibility index (Phi) is 6.70. The molecule has 5 heteroatoms. The number of amides is 1. The molecule has 1 N–H and O–H groups in total. The van der Waals surface area contributed by atoms with Crippen LogP contribution in [0.4, 0.5) is 0 Å². The van der Waals surface area contributed by atoms with E-state index >= 15 is 0 Å². The molecule has 0 spiro atoms. The Morgan fingerprint density at radius 3 is 2.58 bits per heavy atom. The molecule has 162 valence electrons. The zero-order valence-electron chi connectivity index (χ0n) is 18.4. The number of fused-ring (bicyclic) bond motifs is 1. The summed E-state index contributed by atoms with van der Waals surface area (Å²) in [7, 11) is 0. The third kappa shape index (κ3) is 4.36. The van der Waals surface area contributed by atoms with Crippen LogP contribution in [0, 0.1) is 0 Å². The van der Waals surface area contributed by atoms with Crippen molar-refractivity contribution >= 4 is 5.91 Å². The van der Waals surface area contributed by atoms with Crippen LogP contribution in [0.3, 0.4) is 0 Å². The lowest BCUT2D eigenvalue weighted by Gasteiger charge is -2.26. The van der Waals surface area contributed by atoms with E-state index in [1.807, 2.05) is 47.4 Å². The second-order valence-corrected chi connectivity index (χ2v) is 8.11. The second-order valence-electron chi connectivity index (χ2n) is 8.11. The summed E-state index contributed by atoms with van der Waals surface area (Å²) in [5.74, 6) is 0.883. The molecule has 2 heterocycles. The molecule has 1 aliphatic heterocycles. The summed E-state index contributed by atoms with van der Waals surface area (Å²) in [6.07, 6.45) is 5.34. The molecule has 0 radical (unpaired) electrons. The number of rotatable bonds is 10. The van der Waals surface area contributed by atoms with E-state index in [-0.39, 0.29) is 11.9 Å². The van der Waals surface area contributed by atoms with E-state index in [0.29, 0.717) is 12.3 Å². The number of ether oxygens (including phenoxy) is 1. The van der Waals surface area contributed by atoms with Gasteiger partial charge in [0, 0.05) is 17.7 Å². The van der Waals surface area contributed by atoms with E-state index in [2.05, 4.69) is 36.2 Å². The number of carbonyl (C=O) groups excluding carboxylic acids is 1. The first kappa shape index (κ1) is 21.2. The summed E-state index contributed by atoms with van der Waals surface area (Å²) < 4.78 is 5.96. The first-order valence-corrected chi connectivity index (χ1v) is 11.4. The van der Waals surface area contributed by atoms with Crippen molar-refractivity contribution in [1.82, 2.24) is 15.1 Å². The van der Waals surface area contributed by atoms with Crippen molar-refractivity contribution in [2.45, 2.75) is 52.0 Å². The first-order chi connectivity index (χ1) is 15.2. The lowest BCUT2D eigenvalue weighted by atomic mass is 9.96. The molecule has 1 amide bonds. The molecule has 1 unspecified atom stereocenters.